The van der Waals surface area contributed by atoms with E-state index in [9.17, 15) is 0 Å². The number of hydrogen-bond donors (Lipinski definition) is 1. The van der Waals surface area contributed by atoms with Gasteiger partial charge in [0.2, 0.25) is 0 Å². The summed E-state index contributed by atoms with van der Waals surface area (Å²) in [6.07, 6.45) is 4.99. The first-order chi connectivity index (χ1) is 8.17. The van der Waals surface area contributed by atoms with Crippen molar-refractivity contribution in [1.29, 1.82) is 0 Å². The SMILES string of the molecule is CCCn1ncnc1CC(C)CC(C)NCC. The van der Waals surface area contributed by atoms with Gasteiger partial charge in [-0.25, -0.2) is 4.98 Å². The van der Waals surface area contributed by atoms with Crippen LogP contribution in [0.2, 0.25) is 0 Å². The van der Waals surface area contributed by atoms with Crippen molar-refractivity contribution in [3.8, 4) is 0 Å². The van der Waals surface area contributed by atoms with E-state index in [1.165, 1.54) is 6.42 Å². The Morgan fingerprint density at radius 2 is 2.12 bits per heavy atom. The molecule has 4 nitrogen and oxygen atoms in total. The fourth-order valence-electron chi connectivity index (χ4n) is 2.28. The van der Waals surface area contributed by atoms with E-state index in [0.29, 0.717) is 12.0 Å². The zero-order valence-electron chi connectivity index (χ0n) is 11.6. The molecular weight excluding hydrogens is 212 g/mol. The van der Waals surface area contributed by atoms with Crippen LogP contribution in [0.25, 0.3) is 0 Å². The van der Waals surface area contributed by atoms with Gasteiger partial charge in [-0.05, 0) is 32.2 Å². The van der Waals surface area contributed by atoms with Gasteiger partial charge < -0.3 is 5.32 Å². The molecule has 1 N–H and O–H groups in total. The molecule has 0 aliphatic heterocycles. The Hall–Kier alpha value is -0.900. The van der Waals surface area contributed by atoms with Crippen LogP contribution in [-0.4, -0.2) is 27.4 Å². The van der Waals surface area contributed by atoms with Crippen LogP contribution in [0.15, 0.2) is 6.33 Å². The van der Waals surface area contributed by atoms with Crippen LogP contribution in [0.5, 0.6) is 0 Å². The minimum absolute atomic E-state index is 0.581. The van der Waals surface area contributed by atoms with E-state index < -0.39 is 0 Å². The van der Waals surface area contributed by atoms with Crippen molar-refractivity contribution in [3.63, 3.8) is 0 Å². The molecule has 0 bridgehead atoms. The maximum absolute atomic E-state index is 4.36. The first-order valence-electron chi connectivity index (χ1n) is 6.77. The first kappa shape index (κ1) is 14.2. The van der Waals surface area contributed by atoms with Crippen LogP contribution < -0.4 is 5.32 Å². The zero-order valence-corrected chi connectivity index (χ0v) is 11.6. The van der Waals surface area contributed by atoms with Gasteiger partial charge in [0.1, 0.15) is 12.2 Å². The molecule has 0 saturated heterocycles. The zero-order chi connectivity index (χ0) is 12.7. The van der Waals surface area contributed by atoms with E-state index in [2.05, 4.69) is 43.1 Å². The highest BCUT2D eigenvalue weighted by Gasteiger charge is 2.12. The van der Waals surface area contributed by atoms with Crippen LogP contribution in [0.1, 0.15) is 46.4 Å². The summed E-state index contributed by atoms with van der Waals surface area (Å²) in [4.78, 5) is 4.36. The topological polar surface area (TPSA) is 42.7 Å². The monoisotopic (exact) mass is 238 g/mol. The predicted octanol–water partition coefficient (Wildman–Crippen LogP) is 2.25. The van der Waals surface area contributed by atoms with Crippen molar-refractivity contribution >= 4 is 0 Å². The fraction of sp³-hybridized carbons (Fsp3) is 0.846. The van der Waals surface area contributed by atoms with Gasteiger partial charge >= 0.3 is 0 Å². The molecule has 98 valence electrons. The molecular formula is C13H26N4. The van der Waals surface area contributed by atoms with Crippen molar-refractivity contribution in [2.75, 3.05) is 6.54 Å². The van der Waals surface area contributed by atoms with Crippen molar-refractivity contribution in [3.05, 3.63) is 12.2 Å². The molecule has 0 spiro atoms. The number of aryl methyl sites for hydroxylation is 1. The van der Waals surface area contributed by atoms with Gasteiger partial charge in [0, 0.05) is 19.0 Å². The summed E-state index contributed by atoms with van der Waals surface area (Å²) in [6, 6.07) is 0.581. The quantitative estimate of drug-likeness (QED) is 0.755. The molecule has 1 heterocycles. The van der Waals surface area contributed by atoms with Gasteiger partial charge in [-0.3, -0.25) is 4.68 Å². The van der Waals surface area contributed by atoms with Crippen LogP contribution in [-0.2, 0) is 13.0 Å². The Morgan fingerprint density at radius 3 is 2.76 bits per heavy atom. The van der Waals surface area contributed by atoms with E-state index >= 15 is 0 Å². The Kier molecular flexibility index (Phi) is 6.19. The third-order valence-corrected chi connectivity index (χ3v) is 2.97. The van der Waals surface area contributed by atoms with Crippen LogP contribution in [0, 0.1) is 5.92 Å². The van der Waals surface area contributed by atoms with E-state index in [1.54, 1.807) is 6.33 Å². The van der Waals surface area contributed by atoms with Crippen molar-refractivity contribution in [2.24, 2.45) is 5.92 Å². The average molecular weight is 238 g/mol. The second-order valence-corrected chi connectivity index (χ2v) is 4.90. The second kappa shape index (κ2) is 7.43. The minimum atomic E-state index is 0.581. The maximum Gasteiger partial charge on any atom is 0.138 e. The van der Waals surface area contributed by atoms with E-state index in [1.807, 2.05) is 4.68 Å². The van der Waals surface area contributed by atoms with Gasteiger partial charge in [0.05, 0.1) is 0 Å². The fourth-order valence-corrected chi connectivity index (χ4v) is 2.28. The van der Waals surface area contributed by atoms with Gasteiger partial charge in [-0.2, -0.15) is 5.10 Å². The number of nitrogens with zero attached hydrogens (tertiary/aromatic N) is 3. The van der Waals surface area contributed by atoms with Crippen molar-refractivity contribution < 1.29 is 0 Å². The maximum atomic E-state index is 4.36. The molecule has 1 aromatic rings. The number of aromatic nitrogens is 3. The molecule has 0 fully saturated rings. The molecule has 0 saturated carbocycles. The third-order valence-electron chi connectivity index (χ3n) is 2.97. The second-order valence-electron chi connectivity index (χ2n) is 4.90. The summed E-state index contributed by atoms with van der Waals surface area (Å²) in [6.45, 7) is 10.9. The van der Waals surface area contributed by atoms with Gasteiger partial charge in [-0.15, -0.1) is 0 Å². The lowest BCUT2D eigenvalue weighted by molar-refractivity contribution is 0.411. The molecule has 1 rings (SSSR count). The van der Waals surface area contributed by atoms with Crippen LogP contribution in [0.4, 0.5) is 0 Å². The lowest BCUT2D eigenvalue weighted by atomic mass is 9.99. The highest BCUT2D eigenvalue weighted by molar-refractivity contribution is 4.87. The van der Waals surface area contributed by atoms with Crippen LogP contribution in [0.3, 0.4) is 0 Å². The van der Waals surface area contributed by atoms with Gasteiger partial charge in [0.25, 0.3) is 0 Å². The standard InChI is InChI=1S/C13H26N4/c1-5-7-17-13(15-10-16-17)9-11(3)8-12(4)14-6-2/h10-12,14H,5-9H2,1-4H3. The molecule has 0 aliphatic carbocycles. The molecule has 0 radical (unpaired) electrons. The Balaban J connectivity index is 2.44. The Morgan fingerprint density at radius 1 is 1.35 bits per heavy atom. The van der Waals surface area contributed by atoms with E-state index in [0.717, 1.165) is 31.8 Å². The highest BCUT2D eigenvalue weighted by Crippen LogP contribution is 2.12. The van der Waals surface area contributed by atoms with E-state index in [-0.39, 0.29) is 0 Å². The Labute approximate surface area is 105 Å². The number of hydrogen-bond acceptors (Lipinski definition) is 3. The predicted molar refractivity (Wildman–Crippen MR) is 70.9 cm³/mol. The van der Waals surface area contributed by atoms with E-state index in [4.69, 9.17) is 0 Å². The van der Waals surface area contributed by atoms with Crippen molar-refractivity contribution in [1.82, 2.24) is 20.1 Å². The Bertz CT molecular complexity index is 308. The summed E-state index contributed by atoms with van der Waals surface area (Å²) < 4.78 is 2.04. The summed E-state index contributed by atoms with van der Waals surface area (Å²) in [5.41, 5.74) is 0. The molecule has 0 amide bonds. The number of nitrogens with one attached hydrogen (secondary N) is 1. The first-order valence-corrected chi connectivity index (χ1v) is 6.77. The molecule has 2 unspecified atom stereocenters. The third kappa shape index (κ3) is 4.86. The minimum Gasteiger partial charge on any atom is -0.315 e. The molecule has 2 atom stereocenters. The highest BCUT2D eigenvalue weighted by atomic mass is 15.3. The summed E-state index contributed by atoms with van der Waals surface area (Å²) in [7, 11) is 0. The summed E-state index contributed by atoms with van der Waals surface area (Å²) >= 11 is 0. The lowest BCUT2D eigenvalue weighted by Crippen LogP contribution is -2.28. The summed E-state index contributed by atoms with van der Waals surface area (Å²) in [5.74, 6) is 1.77. The number of rotatable bonds is 8. The van der Waals surface area contributed by atoms with Gasteiger partial charge in [-0.1, -0.05) is 20.8 Å². The largest absolute Gasteiger partial charge is 0.315 e. The molecule has 17 heavy (non-hydrogen) atoms. The summed E-state index contributed by atoms with van der Waals surface area (Å²) in [5, 5.41) is 7.72. The van der Waals surface area contributed by atoms with Crippen LogP contribution >= 0.6 is 0 Å². The molecule has 0 aromatic carbocycles. The molecule has 4 heteroatoms. The van der Waals surface area contributed by atoms with Crippen molar-refractivity contribution in [2.45, 2.75) is 59.5 Å². The molecule has 1 aromatic heterocycles. The average Bonchev–Trinajstić information content (AvgIpc) is 2.66. The lowest BCUT2D eigenvalue weighted by Gasteiger charge is -2.17. The normalized spacial score (nSPS) is 14.8. The smallest absolute Gasteiger partial charge is 0.138 e. The molecule has 0 aliphatic rings. The van der Waals surface area contributed by atoms with Gasteiger partial charge in [0.15, 0.2) is 0 Å².